The Labute approximate surface area is 109 Å². The second kappa shape index (κ2) is 6.95. The summed E-state index contributed by atoms with van der Waals surface area (Å²) >= 11 is 0. The van der Waals surface area contributed by atoms with E-state index in [9.17, 15) is 13.0 Å². The van der Waals surface area contributed by atoms with Crippen molar-refractivity contribution >= 4 is 10.8 Å². The monoisotopic (exact) mass is 275 g/mol. The van der Waals surface area contributed by atoms with Gasteiger partial charge in [-0.15, -0.1) is 0 Å². The van der Waals surface area contributed by atoms with Gasteiger partial charge in [0, 0.05) is 17.9 Å². The van der Waals surface area contributed by atoms with E-state index in [1.807, 2.05) is 20.8 Å². The molecule has 0 aliphatic rings. The predicted molar refractivity (Wildman–Crippen MR) is 69.9 cm³/mol. The fourth-order valence-electron chi connectivity index (χ4n) is 1.66. The first-order valence-electron chi connectivity index (χ1n) is 6.02. The van der Waals surface area contributed by atoms with E-state index in [-0.39, 0.29) is 10.9 Å². The molecular formula is C13H19F2NOS. The molecule has 0 aliphatic carbocycles. The Morgan fingerprint density at radius 2 is 2.00 bits per heavy atom. The molecule has 2 nitrogen and oxygen atoms in total. The van der Waals surface area contributed by atoms with Crippen LogP contribution in [0, 0.1) is 17.6 Å². The fourth-order valence-corrected chi connectivity index (χ4v) is 3.17. The lowest BCUT2D eigenvalue weighted by atomic mass is 10.1. The molecule has 1 aromatic rings. The molecule has 2 unspecified atom stereocenters. The molecule has 0 heterocycles. The maximum atomic E-state index is 13.5. The molecule has 102 valence electrons. The minimum absolute atomic E-state index is 0.0558. The highest BCUT2D eigenvalue weighted by Gasteiger charge is 2.18. The second-order valence-electron chi connectivity index (χ2n) is 4.50. The van der Waals surface area contributed by atoms with Crippen LogP contribution in [0.1, 0.15) is 20.8 Å². The number of halogens is 2. The van der Waals surface area contributed by atoms with Crippen LogP contribution in [0.3, 0.4) is 0 Å². The fraction of sp³-hybridized carbons (Fsp3) is 0.538. The summed E-state index contributed by atoms with van der Waals surface area (Å²) in [6, 6.07) is 3.21. The molecule has 2 atom stereocenters. The van der Waals surface area contributed by atoms with E-state index in [1.54, 1.807) is 0 Å². The lowest BCUT2D eigenvalue weighted by molar-refractivity contribution is 0.440. The normalized spacial score (nSPS) is 14.8. The van der Waals surface area contributed by atoms with Crippen LogP contribution in [0.2, 0.25) is 0 Å². The van der Waals surface area contributed by atoms with Crippen molar-refractivity contribution in [3.8, 4) is 0 Å². The number of hydrogen-bond donors (Lipinski definition) is 1. The second-order valence-corrected chi connectivity index (χ2v) is 5.96. The molecule has 0 saturated carbocycles. The maximum absolute atomic E-state index is 13.5. The highest BCUT2D eigenvalue weighted by molar-refractivity contribution is 7.85. The molecule has 5 heteroatoms. The largest absolute Gasteiger partial charge is 0.313 e. The van der Waals surface area contributed by atoms with Gasteiger partial charge in [0.2, 0.25) is 0 Å². The van der Waals surface area contributed by atoms with Gasteiger partial charge in [-0.25, -0.2) is 8.78 Å². The third-order valence-electron chi connectivity index (χ3n) is 2.74. The summed E-state index contributed by atoms with van der Waals surface area (Å²) < 4.78 is 38.3. The van der Waals surface area contributed by atoms with Crippen molar-refractivity contribution in [1.82, 2.24) is 5.32 Å². The van der Waals surface area contributed by atoms with Gasteiger partial charge in [-0.3, -0.25) is 4.21 Å². The van der Waals surface area contributed by atoms with Crippen LogP contribution >= 0.6 is 0 Å². The zero-order valence-electron chi connectivity index (χ0n) is 10.9. The average Bonchev–Trinajstić information content (AvgIpc) is 2.27. The van der Waals surface area contributed by atoms with Crippen molar-refractivity contribution < 1.29 is 13.0 Å². The molecule has 0 saturated heterocycles. The first-order chi connectivity index (χ1) is 8.45. The van der Waals surface area contributed by atoms with E-state index in [4.69, 9.17) is 0 Å². The lowest BCUT2D eigenvalue weighted by Crippen LogP contribution is -2.38. The summed E-state index contributed by atoms with van der Waals surface area (Å²) in [7, 11) is -1.46. The molecule has 1 aromatic carbocycles. The predicted octanol–water partition coefficient (Wildman–Crippen LogP) is 2.71. The van der Waals surface area contributed by atoms with Gasteiger partial charge < -0.3 is 5.32 Å². The minimum atomic E-state index is -1.46. The van der Waals surface area contributed by atoms with Gasteiger partial charge in [-0.05, 0) is 24.6 Å². The SMILES string of the molecule is CCNC(CS(=O)c1ccc(F)cc1F)C(C)C. The van der Waals surface area contributed by atoms with Crippen molar-refractivity contribution in [1.29, 1.82) is 0 Å². The molecule has 0 bridgehead atoms. The Morgan fingerprint density at radius 1 is 1.33 bits per heavy atom. The van der Waals surface area contributed by atoms with Gasteiger partial charge in [-0.2, -0.15) is 0 Å². The van der Waals surface area contributed by atoms with Crippen LogP contribution in [-0.2, 0) is 10.8 Å². The molecule has 1 rings (SSSR count). The van der Waals surface area contributed by atoms with E-state index >= 15 is 0 Å². The number of benzene rings is 1. The summed E-state index contributed by atoms with van der Waals surface area (Å²) in [6.45, 7) is 6.78. The van der Waals surface area contributed by atoms with Crippen molar-refractivity contribution in [3.05, 3.63) is 29.8 Å². The first kappa shape index (κ1) is 15.2. The minimum Gasteiger partial charge on any atom is -0.313 e. The van der Waals surface area contributed by atoms with E-state index in [0.717, 1.165) is 18.7 Å². The van der Waals surface area contributed by atoms with Gasteiger partial charge in [0.1, 0.15) is 11.6 Å². The molecule has 0 fully saturated rings. The highest BCUT2D eigenvalue weighted by Crippen LogP contribution is 2.16. The van der Waals surface area contributed by atoms with Gasteiger partial charge in [0.15, 0.2) is 0 Å². The van der Waals surface area contributed by atoms with Gasteiger partial charge >= 0.3 is 0 Å². The van der Waals surface area contributed by atoms with Crippen molar-refractivity contribution in [3.63, 3.8) is 0 Å². The molecule has 1 N–H and O–H groups in total. The van der Waals surface area contributed by atoms with Gasteiger partial charge in [0.25, 0.3) is 0 Å². The molecule has 0 amide bonds. The van der Waals surface area contributed by atoms with Crippen molar-refractivity contribution in [2.24, 2.45) is 5.92 Å². The maximum Gasteiger partial charge on any atom is 0.142 e. The molecular weight excluding hydrogens is 256 g/mol. The zero-order valence-corrected chi connectivity index (χ0v) is 11.7. The highest BCUT2D eigenvalue weighted by atomic mass is 32.2. The summed E-state index contributed by atoms with van der Waals surface area (Å²) in [4.78, 5) is 0.0694. The Bertz CT molecular complexity index is 423. The van der Waals surface area contributed by atoms with Crippen LogP contribution in [0.5, 0.6) is 0 Å². The van der Waals surface area contributed by atoms with E-state index in [0.29, 0.717) is 11.7 Å². The molecule has 0 radical (unpaired) electrons. The Hall–Kier alpha value is -0.810. The van der Waals surface area contributed by atoms with Crippen LogP contribution in [0.4, 0.5) is 8.78 Å². The molecule has 18 heavy (non-hydrogen) atoms. The van der Waals surface area contributed by atoms with E-state index in [1.165, 1.54) is 6.07 Å². The summed E-state index contributed by atoms with van der Waals surface area (Å²) in [5, 5.41) is 3.22. The van der Waals surface area contributed by atoms with Crippen molar-refractivity contribution in [2.45, 2.75) is 31.7 Å². The zero-order chi connectivity index (χ0) is 13.7. The third kappa shape index (κ3) is 4.14. The Balaban J connectivity index is 2.80. The first-order valence-corrected chi connectivity index (χ1v) is 7.34. The summed E-state index contributed by atoms with van der Waals surface area (Å²) in [6.07, 6.45) is 0. The van der Waals surface area contributed by atoms with Gasteiger partial charge in [-0.1, -0.05) is 20.8 Å². The Kier molecular flexibility index (Phi) is 5.88. The van der Waals surface area contributed by atoms with Crippen LogP contribution in [0.15, 0.2) is 23.1 Å². The smallest absolute Gasteiger partial charge is 0.142 e. The topological polar surface area (TPSA) is 29.1 Å². The molecule has 0 spiro atoms. The average molecular weight is 275 g/mol. The quantitative estimate of drug-likeness (QED) is 0.865. The van der Waals surface area contributed by atoms with E-state index < -0.39 is 22.4 Å². The molecule has 0 aromatic heterocycles. The van der Waals surface area contributed by atoms with Crippen LogP contribution in [-0.4, -0.2) is 22.5 Å². The van der Waals surface area contributed by atoms with Crippen LogP contribution in [0.25, 0.3) is 0 Å². The lowest BCUT2D eigenvalue weighted by Gasteiger charge is -2.21. The van der Waals surface area contributed by atoms with Crippen LogP contribution < -0.4 is 5.32 Å². The Morgan fingerprint density at radius 3 is 2.50 bits per heavy atom. The van der Waals surface area contributed by atoms with Gasteiger partial charge in [0.05, 0.1) is 15.7 Å². The third-order valence-corrected chi connectivity index (χ3v) is 4.22. The van der Waals surface area contributed by atoms with Crippen molar-refractivity contribution in [2.75, 3.05) is 12.3 Å². The van der Waals surface area contributed by atoms with E-state index in [2.05, 4.69) is 5.32 Å². The number of hydrogen-bond acceptors (Lipinski definition) is 2. The summed E-state index contributed by atoms with van der Waals surface area (Å²) in [5.41, 5.74) is 0. The number of rotatable bonds is 6. The number of nitrogens with one attached hydrogen (secondary N) is 1. The standard InChI is InChI=1S/C13H19F2NOS/c1-4-16-12(9(2)3)8-18(17)13-6-5-10(14)7-11(13)15/h5-7,9,12,16H,4,8H2,1-3H3. The summed E-state index contributed by atoms with van der Waals surface area (Å²) in [5.74, 6) is -0.765. The molecule has 0 aliphatic heterocycles.